The maximum atomic E-state index is 12.1. The van der Waals surface area contributed by atoms with Crippen molar-refractivity contribution in [2.45, 2.75) is 19.8 Å². The van der Waals surface area contributed by atoms with E-state index < -0.39 is 0 Å². The summed E-state index contributed by atoms with van der Waals surface area (Å²) < 4.78 is 11.2. The Balaban J connectivity index is 1.82. The molecule has 0 unspecified atom stereocenters. The van der Waals surface area contributed by atoms with Crippen LogP contribution >= 0.6 is 0 Å². The summed E-state index contributed by atoms with van der Waals surface area (Å²) in [5.41, 5.74) is 0.935. The number of rotatable bonds is 9. The number of amides is 2. The molecule has 2 N–H and O–H groups in total. The summed E-state index contributed by atoms with van der Waals surface area (Å²) in [6, 6.07) is 14.3. The third-order valence-electron chi connectivity index (χ3n) is 3.63. The first kappa shape index (κ1) is 19.3. The van der Waals surface area contributed by atoms with Gasteiger partial charge in [-0.25, -0.2) is 0 Å². The summed E-state index contributed by atoms with van der Waals surface area (Å²) in [5.74, 6) is 0.957. The van der Waals surface area contributed by atoms with Crippen molar-refractivity contribution in [3.8, 4) is 11.5 Å². The van der Waals surface area contributed by atoms with Gasteiger partial charge in [0, 0.05) is 13.5 Å². The monoisotopic (exact) mass is 356 g/mol. The van der Waals surface area contributed by atoms with E-state index in [2.05, 4.69) is 10.6 Å². The van der Waals surface area contributed by atoms with Crippen LogP contribution in [0.1, 0.15) is 30.1 Å². The van der Waals surface area contributed by atoms with Crippen molar-refractivity contribution in [1.82, 2.24) is 5.32 Å². The van der Waals surface area contributed by atoms with Crippen LogP contribution in [0.25, 0.3) is 0 Å². The predicted octanol–water partition coefficient (Wildman–Crippen LogP) is 3.24. The normalized spacial score (nSPS) is 10.1. The number of carbonyl (C=O) groups is 2. The minimum Gasteiger partial charge on any atom is -0.490 e. The molecule has 2 rings (SSSR count). The smallest absolute Gasteiger partial charge is 0.253 e. The zero-order valence-electron chi connectivity index (χ0n) is 15.1. The van der Waals surface area contributed by atoms with Crippen LogP contribution in [0.15, 0.2) is 48.5 Å². The first-order chi connectivity index (χ1) is 12.7. The highest BCUT2D eigenvalue weighted by Gasteiger charge is 2.11. The van der Waals surface area contributed by atoms with Crippen molar-refractivity contribution in [3.05, 3.63) is 54.1 Å². The molecular weight excluding hydrogens is 332 g/mol. The van der Waals surface area contributed by atoms with Gasteiger partial charge >= 0.3 is 0 Å². The van der Waals surface area contributed by atoms with Crippen LogP contribution in [0.4, 0.5) is 5.69 Å². The number of hydrogen-bond donors (Lipinski definition) is 2. The Labute approximate surface area is 153 Å². The fourth-order valence-electron chi connectivity index (χ4n) is 2.40. The van der Waals surface area contributed by atoms with E-state index in [0.29, 0.717) is 48.8 Å². The quantitative estimate of drug-likeness (QED) is 0.676. The molecule has 6 heteroatoms. The van der Waals surface area contributed by atoms with Gasteiger partial charge in [-0.2, -0.15) is 0 Å². The molecule has 0 bridgehead atoms. The summed E-state index contributed by atoms with van der Waals surface area (Å²) in [6.45, 7) is 2.87. The van der Waals surface area contributed by atoms with Crippen molar-refractivity contribution in [2.75, 3.05) is 25.6 Å². The second kappa shape index (κ2) is 10.1. The number of ether oxygens (including phenoxy) is 2. The number of para-hydroxylation sites is 3. The molecule has 0 aliphatic heterocycles. The first-order valence-electron chi connectivity index (χ1n) is 8.61. The van der Waals surface area contributed by atoms with Gasteiger partial charge < -0.3 is 20.1 Å². The van der Waals surface area contributed by atoms with E-state index in [1.807, 2.05) is 31.2 Å². The van der Waals surface area contributed by atoms with Gasteiger partial charge in [0.15, 0.2) is 11.5 Å². The Bertz CT molecular complexity index is 746. The first-order valence-corrected chi connectivity index (χ1v) is 8.61. The van der Waals surface area contributed by atoms with Gasteiger partial charge in [-0.3, -0.25) is 9.59 Å². The van der Waals surface area contributed by atoms with E-state index in [-0.39, 0.29) is 11.8 Å². The highest BCUT2D eigenvalue weighted by Crippen LogP contribution is 2.26. The number of benzene rings is 2. The number of carbonyl (C=O) groups excluding carboxylic acids is 2. The number of hydrogen-bond acceptors (Lipinski definition) is 4. The molecule has 26 heavy (non-hydrogen) atoms. The lowest BCUT2D eigenvalue weighted by Crippen LogP contribution is -2.21. The molecular formula is C20H24N2O4. The van der Waals surface area contributed by atoms with Gasteiger partial charge in [0.2, 0.25) is 5.91 Å². The molecule has 0 aromatic heterocycles. The highest BCUT2D eigenvalue weighted by molar-refractivity contribution is 6.03. The zero-order chi connectivity index (χ0) is 18.8. The van der Waals surface area contributed by atoms with Crippen LogP contribution in [0.3, 0.4) is 0 Å². The molecule has 0 aliphatic rings. The third kappa shape index (κ3) is 5.51. The van der Waals surface area contributed by atoms with E-state index in [9.17, 15) is 9.59 Å². The van der Waals surface area contributed by atoms with Crippen LogP contribution in [-0.4, -0.2) is 32.1 Å². The molecule has 0 heterocycles. The Morgan fingerprint density at radius 1 is 0.962 bits per heavy atom. The van der Waals surface area contributed by atoms with Gasteiger partial charge in [0.1, 0.15) is 0 Å². The van der Waals surface area contributed by atoms with E-state index >= 15 is 0 Å². The van der Waals surface area contributed by atoms with Gasteiger partial charge in [-0.05, 0) is 37.6 Å². The molecule has 0 atom stereocenters. The molecule has 0 saturated carbocycles. The van der Waals surface area contributed by atoms with Crippen LogP contribution in [0.5, 0.6) is 11.5 Å². The molecule has 0 aliphatic carbocycles. The minimum atomic E-state index is -0.239. The molecule has 2 amide bonds. The number of nitrogens with one attached hydrogen (secondary N) is 2. The van der Waals surface area contributed by atoms with E-state index in [4.69, 9.17) is 9.47 Å². The largest absolute Gasteiger partial charge is 0.490 e. The molecule has 138 valence electrons. The Morgan fingerprint density at radius 2 is 1.62 bits per heavy atom. The van der Waals surface area contributed by atoms with Crippen LogP contribution < -0.4 is 20.1 Å². The maximum Gasteiger partial charge on any atom is 0.253 e. The van der Waals surface area contributed by atoms with Crippen molar-refractivity contribution in [3.63, 3.8) is 0 Å². The van der Waals surface area contributed by atoms with E-state index in [0.717, 1.165) is 0 Å². The average Bonchev–Trinajstić information content (AvgIpc) is 2.66. The highest BCUT2D eigenvalue weighted by atomic mass is 16.5. The Hall–Kier alpha value is -3.02. The summed E-state index contributed by atoms with van der Waals surface area (Å²) >= 11 is 0. The summed E-state index contributed by atoms with van der Waals surface area (Å²) in [4.78, 5) is 24.0. The van der Waals surface area contributed by atoms with Crippen molar-refractivity contribution in [1.29, 1.82) is 0 Å². The standard InChI is InChI=1S/C20H24N2O4/c1-3-25-17-11-6-7-12-18(17)26-14-8-13-19(23)22-16-10-5-4-9-15(16)20(24)21-2/h4-7,9-12H,3,8,13-14H2,1-2H3,(H,21,24)(H,22,23). The van der Waals surface area contributed by atoms with Crippen molar-refractivity contribution >= 4 is 17.5 Å². The van der Waals surface area contributed by atoms with Gasteiger partial charge in [0.05, 0.1) is 24.5 Å². The van der Waals surface area contributed by atoms with Gasteiger partial charge in [-0.15, -0.1) is 0 Å². The van der Waals surface area contributed by atoms with Crippen LogP contribution in [-0.2, 0) is 4.79 Å². The van der Waals surface area contributed by atoms with Crippen molar-refractivity contribution in [2.24, 2.45) is 0 Å². The van der Waals surface area contributed by atoms with Crippen LogP contribution in [0.2, 0.25) is 0 Å². The predicted molar refractivity (Wildman–Crippen MR) is 101 cm³/mol. The Morgan fingerprint density at radius 3 is 2.31 bits per heavy atom. The van der Waals surface area contributed by atoms with E-state index in [1.165, 1.54) is 0 Å². The zero-order valence-corrected chi connectivity index (χ0v) is 15.1. The SMILES string of the molecule is CCOc1ccccc1OCCCC(=O)Nc1ccccc1C(=O)NC. The molecule has 2 aromatic carbocycles. The fourth-order valence-corrected chi connectivity index (χ4v) is 2.40. The molecule has 0 radical (unpaired) electrons. The third-order valence-corrected chi connectivity index (χ3v) is 3.63. The van der Waals surface area contributed by atoms with Crippen molar-refractivity contribution < 1.29 is 19.1 Å². The molecule has 0 saturated heterocycles. The number of anilines is 1. The van der Waals surface area contributed by atoms with Crippen LogP contribution in [0, 0.1) is 0 Å². The minimum absolute atomic E-state index is 0.164. The lowest BCUT2D eigenvalue weighted by molar-refractivity contribution is -0.116. The fraction of sp³-hybridized carbons (Fsp3) is 0.300. The Kier molecular flexibility index (Phi) is 7.49. The maximum absolute atomic E-state index is 12.1. The summed E-state index contributed by atoms with van der Waals surface area (Å²) in [7, 11) is 1.55. The summed E-state index contributed by atoms with van der Waals surface area (Å²) in [5, 5.41) is 5.33. The van der Waals surface area contributed by atoms with Gasteiger partial charge in [0.25, 0.3) is 5.91 Å². The van der Waals surface area contributed by atoms with Gasteiger partial charge in [-0.1, -0.05) is 24.3 Å². The molecule has 0 spiro atoms. The molecule has 6 nitrogen and oxygen atoms in total. The summed E-state index contributed by atoms with van der Waals surface area (Å²) in [6.07, 6.45) is 0.841. The molecule has 0 fully saturated rings. The van der Waals surface area contributed by atoms with E-state index in [1.54, 1.807) is 31.3 Å². The molecule has 2 aromatic rings. The lowest BCUT2D eigenvalue weighted by Gasteiger charge is -2.12. The lowest BCUT2D eigenvalue weighted by atomic mass is 10.1. The second-order valence-electron chi connectivity index (χ2n) is 5.50. The average molecular weight is 356 g/mol. The second-order valence-corrected chi connectivity index (χ2v) is 5.50. The topological polar surface area (TPSA) is 76.7 Å².